The van der Waals surface area contributed by atoms with Crippen LogP contribution in [-0.2, 0) is 4.79 Å². The number of amides is 1. The lowest BCUT2D eigenvalue weighted by Gasteiger charge is -2.00. The number of halogens is 1. The van der Waals surface area contributed by atoms with Crippen molar-refractivity contribution in [3.63, 3.8) is 0 Å². The number of fused-ring (bicyclic) bond motifs is 1. The highest BCUT2D eigenvalue weighted by molar-refractivity contribution is 9.10. The Labute approximate surface area is 83.3 Å². The molecule has 13 heavy (non-hydrogen) atoms. The Morgan fingerprint density at radius 3 is 3.08 bits per heavy atom. The second kappa shape index (κ2) is 3.22. The molecule has 2 N–H and O–H groups in total. The second-order valence-corrected chi connectivity index (χ2v) is 3.52. The van der Waals surface area contributed by atoms with Crippen LogP contribution in [0.15, 0.2) is 28.9 Å². The smallest absolute Gasteiger partial charge is 0.211 e. The third-order valence-corrected chi connectivity index (χ3v) is 2.46. The molecule has 2 aromatic rings. The number of H-pyrrole nitrogens is 1. The number of aromatic nitrogens is 1. The molecule has 66 valence electrons. The van der Waals surface area contributed by atoms with Gasteiger partial charge >= 0.3 is 0 Å². The molecule has 3 nitrogen and oxygen atoms in total. The van der Waals surface area contributed by atoms with Gasteiger partial charge in [0.1, 0.15) is 0 Å². The number of aromatic amines is 1. The molecule has 0 spiro atoms. The number of carbonyl (C=O) groups is 1. The van der Waals surface area contributed by atoms with Crippen LogP contribution < -0.4 is 5.32 Å². The fourth-order valence-corrected chi connectivity index (χ4v) is 1.87. The summed E-state index contributed by atoms with van der Waals surface area (Å²) in [4.78, 5) is 13.3. The largest absolute Gasteiger partial charge is 0.360 e. The molecule has 0 unspecified atom stereocenters. The summed E-state index contributed by atoms with van der Waals surface area (Å²) in [5.41, 5.74) is 1.82. The minimum Gasteiger partial charge on any atom is -0.360 e. The maximum Gasteiger partial charge on any atom is 0.211 e. The van der Waals surface area contributed by atoms with E-state index >= 15 is 0 Å². The van der Waals surface area contributed by atoms with Crippen LogP contribution in [0.2, 0.25) is 0 Å². The fraction of sp³-hybridized carbons (Fsp3) is 0. The van der Waals surface area contributed by atoms with E-state index in [-0.39, 0.29) is 0 Å². The van der Waals surface area contributed by atoms with Gasteiger partial charge in [-0.15, -0.1) is 0 Å². The summed E-state index contributed by atoms with van der Waals surface area (Å²) >= 11 is 3.41. The van der Waals surface area contributed by atoms with E-state index in [4.69, 9.17) is 0 Å². The lowest BCUT2D eigenvalue weighted by Crippen LogP contribution is -1.92. The van der Waals surface area contributed by atoms with Crippen LogP contribution in [0, 0.1) is 0 Å². The second-order valence-electron chi connectivity index (χ2n) is 2.66. The maximum atomic E-state index is 10.2. The highest BCUT2D eigenvalue weighted by atomic mass is 79.9. The van der Waals surface area contributed by atoms with Crippen LogP contribution >= 0.6 is 15.9 Å². The van der Waals surface area contributed by atoms with Crippen molar-refractivity contribution in [3.05, 3.63) is 28.9 Å². The number of anilines is 1. The molecule has 0 saturated carbocycles. The van der Waals surface area contributed by atoms with Crippen molar-refractivity contribution >= 4 is 38.9 Å². The minimum absolute atomic E-state index is 0.667. The summed E-state index contributed by atoms with van der Waals surface area (Å²) in [7, 11) is 0. The average Bonchev–Trinajstić information content (AvgIpc) is 2.53. The SMILES string of the molecule is O=CNc1cc(Br)c2[nH]ccc2c1. The summed E-state index contributed by atoms with van der Waals surface area (Å²) in [5, 5.41) is 3.67. The first-order valence-corrected chi connectivity index (χ1v) is 4.57. The topological polar surface area (TPSA) is 44.9 Å². The van der Waals surface area contributed by atoms with E-state index < -0.39 is 0 Å². The molecule has 4 heteroatoms. The average molecular weight is 239 g/mol. The lowest BCUT2D eigenvalue weighted by molar-refractivity contribution is -0.105. The fourth-order valence-electron chi connectivity index (χ4n) is 1.28. The van der Waals surface area contributed by atoms with Crippen LogP contribution in [0.4, 0.5) is 5.69 Å². The molecule has 0 fully saturated rings. The van der Waals surface area contributed by atoms with Gasteiger partial charge in [-0.1, -0.05) is 0 Å². The Morgan fingerprint density at radius 2 is 2.31 bits per heavy atom. The summed E-state index contributed by atoms with van der Waals surface area (Å²) in [6, 6.07) is 5.72. The van der Waals surface area contributed by atoms with Crippen LogP contribution in [0.1, 0.15) is 0 Å². The maximum absolute atomic E-state index is 10.2. The van der Waals surface area contributed by atoms with E-state index in [1.54, 1.807) is 0 Å². The van der Waals surface area contributed by atoms with Gasteiger partial charge in [-0.2, -0.15) is 0 Å². The molecule has 1 aromatic carbocycles. The summed E-state index contributed by atoms with van der Waals surface area (Å²) in [6.07, 6.45) is 2.53. The molecular weight excluding hydrogens is 232 g/mol. The molecule has 0 aliphatic heterocycles. The Kier molecular flexibility index (Phi) is 2.06. The van der Waals surface area contributed by atoms with Gasteiger partial charge in [-0.05, 0) is 34.1 Å². The van der Waals surface area contributed by atoms with Crippen molar-refractivity contribution in [2.45, 2.75) is 0 Å². The van der Waals surface area contributed by atoms with Gasteiger partial charge in [-0.25, -0.2) is 0 Å². The van der Waals surface area contributed by atoms with E-state index in [0.29, 0.717) is 6.41 Å². The van der Waals surface area contributed by atoms with Crippen LogP contribution in [0.3, 0.4) is 0 Å². The summed E-state index contributed by atoms with van der Waals surface area (Å²) in [5.74, 6) is 0. The van der Waals surface area contributed by atoms with Crippen molar-refractivity contribution in [3.8, 4) is 0 Å². The van der Waals surface area contributed by atoms with Crippen molar-refractivity contribution in [2.24, 2.45) is 0 Å². The number of benzene rings is 1. The molecule has 1 amide bonds. The Bertz CT molecular complexity index is 450. The van der Waals surface area contributed by atoms with Gasteiger partial charge in [-0.3, -0.25) is 4.79 Å². The monoisotopic (exact) mass is 238 g/mol. The van der Waals surface area contributed by atoms with Gasteiger partial charge < -0.3 is 10.3 Å². The van der Waals surface area contributed by atoms with E-state index in [1.165, 1.54) is 0 Å². The summed E-state index contributed by atoms with van der Waals surface area (Å²) < 4.78 is 0.944. The molecule has 0 saturated heterocycles. The van der Waals surface area contributed by atoms with E-state index in [0.717, 1.165) is 21.1 Å². The molecule has 0 aliphatic rings. The van der Waals surface area contributed by atoms with Crippen molar-refractivity contribution < 1.29 is 4.79 Å². The zero-order valence-electron chi connectivity index (χ0n) is 6.67. The Morgan fingerprint density at radius 1 is 1.46 bits per heavy atom. The van der Waals surface area contributed by atoms with Gasteiger partial charge in [0.2, 0.25) is 6.41 Å². The van der Waals surface area contributed by atoms with Gasteiger partial charge in [0.15, 0.2) is 0 Å². The van der Waals surface area contributed by atoms with E-state index in [9.17, 15) is 4.79 Å². The molecule has 1 heterocycles. The van der Waals surface area contributed by atoms with E-state index in [2.05, 4.69) is 26.2 Å². The van der Waals surface area contributed by atoms with Crippen LogP contribution in [0.25, 0.3) is 10.9 Å². The van der Waals surface area contributed by atoms with Crippen LogP contribution in [0.5, 0.6) is 0 Å². The highest BCUT2D eigenvalue weighted by Crippen LogP contribution is 2.26. The van der Waals surface area contributed by atoms with Crippen molar-refractivity contribution in [1.82, 2.24) is 4.98 Å². The third-order valence-electron chi connectivity index (χ3n) is 1.84. The molecule has 0 aliphatic carbocycles. The predicted molar refractivity (Wildman–Crippen MR) is 55.7 cm³/mol. The minimum atomic E-state index is 0.667. The zero-order chi connectivity index (χ0) is 9.26. The number of hydrogen-bond donors (Lipinski definition) is 2. The zero-order valence-corrected chi connectivity index (χ0v) is 8.26. The highest BCUT2D eigenvalue weighted by Gasteiger charge is 2.01. The van der Waals surface area contributed by atoms with Gasteiger partial charge in [0.05, 0.1) is 5.52 Å². The quantitative estimate of drug-likeness (QED) is 0.777. The van der Waals surface area contributed by atoms with Crippen LogP contribution in [-0.4, -0.2) is 11.4 Å². The first kappa shape index (κ1) is 8.31. The van der Waals surface area contributed by atoms with Crippen molar-refractivity contribution in [1.29, 1.82) is 0 Å². The van der Waals surface area contributed by atoms with Gasteiger partial charge in [0.25, 0.3) is 0 Å². The molecular formula is C9H7BrN2O. The standard InChI is InChI=1S/C9H7BrN2O/c10-8-4-7(12-5-13)3-6-1-2-11-9(6)8/h1-5,11H,(H,12,13). The predicted octanol–water partition coefficient (Wildman–Crippen LogP) is 2.50. The lowest BCUT2D eigenvalue weighted by atomic mass is 10.2. The molecule has 1 aromatic heterocycles. The Hall–Kier alpha value is -1.29. The molecule has 0 bridgehead atoms. The number of hydrogen-bond acceptors (Lipinski definition) is 1. The number of carbonyl (C=O) groups excluding carboxylic acids is 1. The third kappa shape index (κ3) is 1.45. The summed E-state index contributed by atoms with van der Waals surface area (Å²) in [6.45, 7) is 0. The Balaban J connectivity index is 2.62. The first-order valence-electron chi connectivity index (χ1n) is 3.78. The van der Waals surface area contributed by atoms with Gasteiger partial charge in [0, 0.05) is 21.7 Å². The number of nitrogens with one attached hydrogen (secondary N) is 2. The number of rotatable bonds is 2. The van der Waals surface area contributed by atoms with Crippen molar-refractivity contribution in [2.75, 3.05) is 5.32 Å². The molecule has 2 rings (SSSR count). The van der Waals surface area contributed by atoms with E-state index in [1.807, 2.05) is 24.4 Å². The normalized spacial score (nSPS) is 10.2. The first-order chi connectivity index (χ1) is 6.31. The molecule has 0 atom stereocenters. The molecule has 0 radical (unpaired) electrons.